The molecule has 1 aromatic heterocycles. The minimum atomic E-state index is -0.384. The highest BCUT2D eigenvalue weighted by atomic mass is 19.1. The predicted octanol–water partition coefficient (Wildman–Crippen LogP) is 3.28. The number of hydrogen-bond donors (Lipinski definition) is 0. The summed E-state index contributed by atoms with van der Waals surface area (Å²) < 4.78 is 18.7. The number of halogens is 1. The minimum absolute atomic E-state index is 0.0281. The molecule has 1 atom stereocenters. The van der Waals surface area contributed by atoms with Crippen LogP contribution in [0.1, 0.15) is 43.3 Å². The maximum absolute atomic E-state index is 13.2. The minimum Gasteiger partial charge on any atom is -0.412 e. The van der Waals surface area contributed by atoms with Crippen LogP contribution in [0, 0.1) is 5.82 Å². The van der Waals surface area contributed by atoms with Crippen LogP contribution >= 0.6 is 0 Å². The monoisotopic (exact) mass is 303 g/mol. The number of hydrogen-bond acceptors (Lipinski definition) is 4. The zero-order chi connectivity index (χ0) is 15.5. The SMILES string of the molecule is CCC1CCCCN1C(=O)c1nnc(-c2cccc(F)c2)o1. The van der Waals surface area contributed by atoms with Crippen molar-refractivity contribution >= 4 is 5.91 Å². The van der Waals surface area contributed by atoms with Crippen LogP contribution in [-0.2, 0) is 0 Å². The normalized spacial score (nSPS) is 18.5. The highest BCUT2D eigenvalue weighted by Gasteiger charge is 2.29. The Hall–Kier alpha value is -2.24. The summed E-state index contributed by atoms with van der Waals surface area (Å²) in [6.45, 7) is 2.79. The molecule has 1 aromatic carbocycles. The van der Waals surface area contributed by atoms with Crippen LogP contribution in [0.2, 0.25) is 0 Å². The van der Waals surface area contributed by atoms with Crippen molar-refractivity contribution in [2.24, 2.45) is 0 Å². The van der Waals surface area contributed by atoms with Crippen molar-refractivity contribution in [3.05, 3.63) is 36.0 Å². The zero-order valence-corrected chi connectivity index (χ0v) is 12.5. The average Bonchev–Trinajstić information content (AvgIpc) is 3.04. The fourth-order valence-corrected chi connectivity index (χ4v) is 2.86. The van der Waals surface area contributed by atoms with E-state index in [4.69, 9.17) is 4.42 Å². The van der Waals surface area contributed by atoms with Crippen molar-refractivity contribution in [3.8, 4) is 11.5 Å². The molecule has 22 heavy (non-hydrogen) atoms. The van der Waals surface area contributed by atoms with Gasteiger partial charge in [0.1, 0.15) is 5.82 Å². The Bertz CT molecular complexity index is 671. The molecule has 0 bridgehead atoms. The summed E-state index contributed by atoms with van der Waals surface area (Å²) in [6.07, 6.45) is 4.05. The molecule has 1 saturated heterocycles. The fourth-order valence-electron chi connectivity index (χ4n) is 2.86. The Kier molecular flexibility index (Phi) is 4.18. The van der Waals surface area contributed by atoms with Crippen molar-refractivity contribution < 1.29 is 13.6 Å². The molecule has 2 heterocycles. The van der Waals surface area contributed by atoms with Gasteiger partial charge in [0.05, 0.1) is 0 Å². The number of benzene rings is 1. The second-order valence-corrected chi connectivity index (χ2v) is 5.48. The summed E-state index contributed by atoms with van der Waals surface area (Å²) in [5.41, 5.74) is 0.470. The molecule has 0 N–H and O–H groups in total. The van der Waals surface area contributed by atoms with Gasteiger partial charge in [-0.25, -0.2) is 4.39 Å². The van der Waals surface area contributed by atoms with Crippen LogP contribution in [0.4, 0.5) is 4.39 Å². The number of rotatable bonds is 3. The van der Waals surface area contributed by atoms with Gasteiger partial charge in [0.2, 0.25) is 5.89 Å². The van der Waals surface area contributed by atoms with E-state index in [2.05, 4.69) is 17.1 Å². The molecule has 0 saturated carbocycles. The molecule has 1 fully saturated rings. The van der Waals surface area contributed by atoms with E-state index in [9.17, 15) is 9.18 Å². The molecule has 3 rings (SSSR count). The van der Waals surface area contributed by atoms with Crippen molar-refractivity contribution in [3.63, 3.8) is 0 Å². The summed E-state index contributed by atoms with van der Waals surface area (Å²) in [4.78, 5) is 14.3. The molecule has 0 spiro atoms. The first-order chi connectivity index (χ1) is 10.7. The number of carbonyl (C=O) groups excluding carboxylic acids is 1. The zero-order valence-electron chi connectivity index (χ0n) is 12.5. The molecule has 0 radical (unpaired) electrons. The number of likely N-dealkylation sites (tertiary alicyclic amines) is 1. The molecule has 2 aromatic rings. The number of aromatic nitrogens is 2. The quantitative estimate of drug-likeness (QED) is 0.873. The van der Waals surface area contributed by atoms with Crippen molar-refractivity contribution in [2.75, 3.05) is 6.54 Å². The number of carbonyl (C=O) groups is 1. The van der Waals surface area contributed by atoms with E-state index in [0.29, 0.717) is 5.56 Å². The van der Waals surface area contributed by atoms with E-state index < -0.39 is 0 Å². The molecular formula is C16H18FN3O2. The molecular weight excluding hydrogens is 285 g/mol. The molecule has 1 aliphatic heterocycles. The maximum Gasteiger partial charge on any atom is 0.311 e. The van der Waals surface area contributed by atoms with Crippen LogP contribution in [0.3, 0.4) is 0 Å². The number of piperidine rings is 1. The topological polar surface area (TPSA) is 59.2 Å². The third kappa shape index (κ3) is 2.86. The van der Waals surface area contributed by atoms with Crippen molar-refractivity contribution in [1.82, 2.24) is 15.1 Å². The Morgan fingerprint density at radius 3 is 3.05 bits per heavy atom. The van der Waals surface area contributed by atoms with E-state index in [-0.39, 0.29) is 29.5 Å². The van der Waals surface area contributed by atoms with Crippen molar-refractivity contribution in [1.29, 1.82) is 0 Å². The standard InChI is InChI=1S/C16H18FN3O2/c1-2-13-8-3-4-9-20(13)16(21)15-19-18-14(22-15)11-6-5-7-12(17)10-11/h5-7,10,13H,2-4,8-9H2,1H3. The van der Waals surface area contributed by atoms with Gasteiger partial charge < -0.3 is 9.32 Å². The first-order valence-electron chi connectivity index (χ1n) is 7.59. The van der Waals surface area contributed by atoms with Gasteiger partial charge in [-0.15, -0.1) is 10.2 Å². The lowest BCUT2D eigenvalue weighted by Crippen LogP contribution is -2.43. The lowest BCUT2D eigenvalue weighted by Gasteiger charge is -2.34. The van der Waals surface area contributed by atoms with Gasteiger partial charge in [-0.05, 0) is 43.9 Å². The van der Waals surface area contributed by atoms with Crippen LogP contribution in [0.25, 0.3) is 11.5 Å². The molecule has 0 aliphatic carbocycles. The largest absolute Gasteiger partial charge is 0.412 e. The van der Waals surface area contributed by atoms with Gasteiger partial charge >= 0.3 is 11.8 Å². The lowest BCUT2D eigenvalue weighted by atomic mass is 10.00. The number of nitrogens with zero attached hydrogens (tertiary/aromatic N) is 3. The Morgan fingerprint density at radius 1 is 1.41 bits per heavy atom. The third-order valence-electron chi connectivity index (χ3n) is 4.04. The molecule has 1 unspecified atom stereocenters. The van der Waals surface area contributed by atoms with E-state index in [0.717, 1.165) is 32.2 Å². The van der Waals surface area contributed by atoms with Gasteiger partial charge in [0.15, 0.2) is 0 Å². The lowest BCUT2D eigenvalue weighted by molar-refractivity contribution is 0.0568. The van der Waals surface area contributed by atoms with Gasteiger partial charge in [-0.1, -0.05) is 13.0 Å². The number of amides is 1. The smallest absolute Gasteiger partial charge is 0.311 e. The molecule has 1 amide bonds. The van der Waals surface area contributed by atoms with Crippen LogP contribution in [0.5, 0.6) is 0 Å². The van der Waals surface area contributed by atoms with Gasteiger partial charge in [0.25, 0.3) is 0 Å². The molecule has 1 aliphatic rings. The van der Waals surface area contributed by atoms with Crippen LogP contribution in [-0.4, -0.2) is 33.6 Å². The average molecular weight is 303 g/mol. The van der Waals surface area contributed by atoms with E-state index in [1.807, 2.05) is 4.90 Å². The van der Waals surface area contributed by atoms with Crippen LogP contribution in [0.15, 0.2) is 28.7 Å². The van der Waals surface area contributed by atoms with Crippen molar-refractivity contribution in [2.45, 2.75) is 38.6 Å². The summed E-state index contributed by atoms with van der Waals surface area (Å²) in [7, 11) is 0. The first kappa shape index (κ1) is 14.7. The van der Waals surface area contributed by atoms with E-state index in [1.165, 1.54) is 12.1 Å². The molecule has 5 nitrogen and oxygen atoms in total. The van der Waals surface area contributed by atoms with Gasteiger partial charge in [-0.3, -0.25) is 4.79 Å². The molecule has 6 heteroatoms. The van der Waals surface area contributed by atoms with Gasteiger partial charge in [0, 0.05) is 18.2 Å². The predicted molar refractivity (Wildman–Crippen MR) is 78.7 cm³/mol. The first-order valence-corrected chi connectivity index (χ1v) is 7.59. The maximum atomic E-state index is 13.2. The van der Waals surface area contributed by atoms with E-state index in [1.54, 1.807) is 12.1 Å². The highest BCUT2D eigenvalue weighted by Crippen LogP contribution is 2.23. The Labute approximate surface area is 128 Å². The summed E-state index contributed by atoms with van der Waals surface area (Å²) >= 11 is 0. The second kappa shape index (κ2) is 6.25. The summed E-state index contributed by atoms with van der Waals surface area (Å²) in [6, 6.07) is 6.10. The van der Waals surface area contributed by atoms with Crippen LogP contribution < -0.4 is 0 Å². The Morgan fingerprint density at radius 2 is 2.27 bits per heavy atom. The fraction of sp³-hybridized carbons (Fsp3) is 0.438. The van der Waals surface area contributed by atoms with E-state index >= 15 is 0 Å². The second-order valence-electron chi connectivity index (χ2n) is 5.48. The van der Waals surface area contributed by atoms with Gasteiger partial charge in [-0.2, -0.15) is 0 Å². The summed E-state index contributed by atoms with van der Waals surface area (Å²) in [5, 5.41) is 7.70. The Balaban J connectivity index is 1.82. The highest BCUT2D eigenvalue weighted by molar-refractivity contribution is 5.90. The molecule has 116 valence electrons. The summed E-state index contributed by atoms with van der Waals surface area (Å²) in [5.74, 6) is -0.486. The third-order valence-corrected chi connectivity index (χ3v) is 4.04.